The molecule has 1 aliphatic rings. The van der Waals surface area contributed by atoms with E-state index in [1.54, 1.807) is 4.90 Å². The maximum absolute atomic E-state index is 12.2. The first-order valence-corrected chi connectivity index (χ1v) is 11.0. The summed E-state index contributed by atoms with van der Waals surface area (Å²) in [6, 6.07) is 8.11. The first-order valence-electron chi connectivity index (χ1n) is 9.23. The molecule has 2 heterocycles. The molecule has 146 valence electrons. The number of anilines is 2. The zero-order valence-electron chi connectivity index (χ0n) is 15.5. The molecular weight excluding hydrogens is 382 g/mol. The van der Waals surface area contributed by atoms with E-state index in [2.05, 4.69) is 39.9 Å². The summed E-state index contributed by atoms with van der Waals surface area (Å²) in [6.45, 7) is 7.76. The molecule has 2 aromatic rings. The standard InChI is InChI=1S/C18H25N5O2S2/c1-2-7-19-17-21-22-18(27-17)26-13-16(24)20-15-5-3-14(4-6-15)12-23-8-10-25-11-9-23/h3-6H,2,7-13H2,1H3,(H,19,21)(H,20,24)/p+1. The third kappa shape index (κ3) is 6.76. The van der Waals surface area contributed by atoms with E-state index < -0.39 is 0 Å². The number of hydrogen-bond acceptors (Lipinski definition) is 7. The Bertz CT molecular complexity index is 717. The number of amides is 1. The number of morpholine rings is 1. The molecule has 1 aromatic heterocycles. The van der Waals surface area contributed by atoms with Gasteiger partial charge in [-0.1, -0.05) is 42.2 Å². The lowest BCUT2D eigenvalue weighted by atomic mass is 10.2. The van der Waals surface area contributed by atoms with Gasteiger partial charge in [0.05, 0.1) is 19.0 Å². The number of nitrogens with one attached hydrogen (secondary N) is 3. The van der Waals surface area contributed by atoms with Gasteiger partial charge < -0.3 is 20.3 Å². The molecule has 1 saturated heterocycles. The number of quaternary nitrogens is 1. The molecule has 7 nitrogen and oxygen atoms in total. The Morgan fingerprint density at radius 3 is 2.78 bits per heavy atom. The van der Waals surface area contributed by atoms with Crippen molar-refractivity contribution in [3.63, 3.8) is 0 Å². The molecule has 0 atom stereocenters. The molecule has 1 aliphatic heterocycles. The van der Waals surface area contributed by atoms with Crippen LogP contribution >= 0.6 is 23.1 Å². The van der Waals surface area contributed by atoms with Gasteiger partial charge >= 0.3 is 0 Å². The van der Waals surface area contributed by atoms with Crippen LogP contribution in [0.4, 0.5) is 10.8 Å². The molecule has 1 aromatic carbocycles. The summed E-state index contributed by atoms with van der Waals surface area (Å²) in [5, 5.41) is 15.1. The fourth-order valence-electron chi connectivity index (χ4n) is 2.73. The summed E-state index contributed by atoms with van der Waals surface area (Å²) >= 11 is 2.88. The van der Waals surface area contributed by atoms with Crippen LogP contribution in [0.2, 0.25) is 0 Å². The third-order valence-corrected chi connectivity index (χ3v) is 6.17. The molecular formula is C18H26N5O2S2+. The minimum Gasteiger partial charge on any atom is -0.370 e. The lowest BCUT2D eigenvalue weighted by Crippen LogP contribution is -3.12. The summed E-state index contributed by atoms with van der Waals surface area (Å²) < 4.78 is 6.19. The maximum atomic E-state index is 12.2. The molecule has 0 saturated carbocycles. The van der Waals surface area contributed by atoms with Crippen molar-refractivity contribution < 1.29 is 14.4 Å². The highest BCUT2D eigenvalue weighted by Crippen LogP contribution is 2.25. The highest BCUT2D eigenvalue weighted by atomic mass is 32.2. The van der Waals surface area contributed by atoms with Crippen molar-refractivity contribution in [2.45, 2.75) is 24.2 Å². The van der Waals surface area contributed by atoms with E-state index in [4.69, 9.17) is 4.74 Å². The van der Waals surface area contributed by atoms with Gasteiger partial charge in [0.1, 0.15) is 19.6 Å². The predicted octanol–water partition coefficient (Wildman–Crippen LogP) is 1.51. The average molecular weight is 409 g/mol. The quantitative estimate of drug-likeness (QED) is 0.546. The maximum Gasteiger partial charge on any atom is 0.234 e. The molecule has 9 heteroatoms. The second-order valence-corrected chi connectivity index (χ2v) is 8.57. The monoisotopic (exact) mass is 408 g/mol. The van der Waals surface area contributed by atoms with Crippen LogP contribution in [0.5, 0.6) is 0 Å². The minimum absolute atomic E-state index is 0.0372. The first-order chi connectivity index (χ1) is 13.2. The molecule has 0 unspecified atom stereocenters. The van der Waals surface area contributed by atoms with E-state index in [-0.39, 0.29) is 5.91 Å². The number of carbonyl (C=O) groups is 1. The van der Waals surface area contributed by atoms with Gasteiger partial charge in [-0.3, -0.25) is 4.79 Å². The first kappa shape index (κ1) is 20.1. The van der Waals surface area contributed by atoms with Crippen molar-refractivity contribution in [2.75, 3.05) is 49.2 Å². The van der Waals surface area contributed by atoms with E-state index in [1.165, 1.54) is 28.7 Å². The summed E-state index contributed by atoms with van der Waals surface area (Å²) in [5.41, 5.74) is 2.10. The molecule has 0 spiro atoms. The Balaban J connectivity index is 1.41. The SMILES string of the molecule is CCCNc1nnc(SCC(=O)Nc2ccc(C[NH+]3CCOCC3)cc2)s1. The van der Waals surface area contributed by atoms with Crippen LogP contribution in [0.3, 0.4) is 0 Å². The molecule has 0 aliphatic carbocycles. The molecule has 3 rings (SSSR count). The molecule has 27 heavy (non-hydrogen) atoms. The van der Waals surface area contributed by atoms with Gasteiger partial charge in [-0.15, -0.1) is 10.2 Å². The van der Waals surface area contributed by atoms with Crippen molar-refractivity contribution >= 4 is 39.8 Å². The van der Waals surface area contributed by atoms with Crippen molar-refractivity contribution in [2.24, 2.45) is 0 Å². The van der Waals surface area contributed by atoms with Crippen LogP contribution in [0.15, 0.2) is 28.6 Å². The number of benzene rings is 1. The second-order valence-electron chi connectivity index (χ2n) is 6.37. The van der Waals surface area contributed by atoms with Crippen molar-refractivity contribution in [3.05, 3.63) is 29.8 Å². The van der Waals surface area contributed by atoms with Gasteiger partial charge in [-0.05, 0) is 18.6 Å². The summed E-state index contributed by atoms with van der Waals surface area (Å²) in [5.74, 6) is 0.284. The van der Waals surface area contributed by atoms with Gasteiger partial charge in [-0.2, -0.15) is 0 Å². The lowest BCUT2D eigenvalue weighted by Gasteiger charge is -2.23. The van der Waals surface area contributed by atoms with E-state index in [0.29, 0.717) is 5.75 Å². The minimum atomic E-state index is -0.0372. The Kier molecular flexibility index (Phi) is 7.88. The lowest BCUT2D eigenvalue weighted by molar-refractivity contribution is -0.921. The van der Waals surface area contributed by atoms with Gasteiger partial charge in [0.15, 0.2) is 4.34 Å². The number of ether oxygens (including phenoxy) is 1. The molecule has 1 fully saturated rings. The van der Waals surface area contributed by atoms with Gasteiger partial charge in [-0.25, -0.2) is 0 Å². The van der Waals surface area contributed by atoms with Crippen LogP contribution in [0, 0.1) is 0 Å². The van der Waals surface area contributed by atoms with Crippen LogP contribution in [-0.2, 0) is 16.1 Å². The van der Waals surface area contributed by atoms with Crippen LogP contribution in [0.25, 0.3) is 0 Å². The topological polar surface area (TPSA) is 80.6 Å². The van der Waals surface area contributed by atoms with E-state index in [1.807, 2.05) is 12.1 Å². The van der Waals surface area contributed by atoms with Crippen molar-refractivity contribution in [1.82, 2.24) is 10.2 Å². The number of rotatable bonds is 9. The molecule has 0 radical (unpaired) electrons. The van der Waals surface area contributed by atoms with Crippen LogP contribution in [-0.4, -0.2) is 54.7 Å². The smallest absolute Gasteiger partial charge is 0.234 e. The van der Waals surface area contributed by atoms with Crippen LogP contribution in [0.1, 0.15) is 18.9 Å². The van der Waals surface area contributed by atoms with Crippen molar-refractivity contribution in [3.8, 4) is 0 Å². The van der Waals surface area contributed by atoms with E-state index in [9.17, 15) is 4.79 Å². The predicted molar refractivity (Wildman–Crippen MR) is 110 cm³/mol. The second kappa shape index (κ2) is 10.6. The van der Waals surface area contributed by atoms with Gasteiger partial charge in [0.25, 0.3) is 0 Å². The number of thioether (sulfide) groups is 1. The Morgan fingerprint density at radius 2 is 2.04 bits per heavy atom. The number of aromatic nitrogens is 2. The number of hydrogen-bond donors (Lipinski definition) is 3. The Labute approximate surface area is 167 Å². The summed E-state index contributed by atoms with van der Waals surface area (Å²) in [6.07, 6.45) is 1.04. The highest BCUT2D eigenvalue weighted by Gasteiger charge is 2.14. The summed E-state index contributed by atoms with van der Waals surface area (Å²) in [7, 11) is 0. The van der Waals surface area contributed by atoms with E-state index in [0.717, 1.165) is 61.0 Å². The third-order valence-electron chi connectivity index (χ3n) is 4.15. The molecule has 3 N–H and O–H groups in total. The number of carbonyl (C=O) groups excluding carboxylic acids is 1. The van der Waals surface area contributed by atoms with Crippen LogP contribution < -0.4 is 15.5 Å². The Morgan fingerprint density at radius 1 is 1.26 bits per heavy atom. The fourth-order valence-corrected chi connectivity index (χ4v) is 4.30. The fraction of sp³-hybridized carbons (Fsp3) is 0.500. The van der Waals surface area contributed by atoms with Gasteiger partial charge in [0, 0.05) is 17.8 Å². The molecule has 1 amide bonds. The summed E-state index contributed by atoms with van der Waals surface area (Å²) in [4.78, 5) is 13.7. The zero-order valence-corrected chi connectivity index (χ0v) is 17.1. The largest absolute Gasteiger partial charge is 0.370 e. The normalized spacial score (nSPS) is 14.9. The van der Waals surface area contributed by atoms with E-state index >= 15 is 0 Å². The zero-order chi connectivity index (χ0) is 18.9. The Hall–Kier alpha value is -1.68. The number of nitrogens with zero attached hydrogens (tertiary/aromatic N) is 2. The van der Waals surface area contributed by atoms with Gasteiger partial charge in [0.2, 0.25) is 11.0 Å². The van der Waals surface area contributed by atoms with Crippen molar-refractivity contribution in [1.29, 1.82) is 0 Å². The molecule has 0 bridgehead atoms. The highest BCUT2D eigenvalue weighted by molar-refractivity contribution is 8.01. The average Bonchev–Trinajstić information content (AvgIpc) is 3.15.